The van der Waals surface area contributed by atoms with Crippen molar-refractivity contribution in [3.8, 4) is 0 Å². The average molecular weight is 314 g/mol. The molecule has 1 atom stereocenters. The number of nitrogens with one attached hydrogen (secondary N) is 3. The van der Waals surface area contributed by atoms with Crippen molar-refractivity contribution in [3.05, 3.63) is 0 Å². The highest BCUT2D eigenvalue weighted by Crippen LogP contribution is 1.97. The second-order valence-electron chi connectivity index (χ2n) is 5.56. The largest absolute Gasteiger partial charge is 0.368 e. The summed E-state index contributed by atoms with van der Waals surface area (Å²) in [6, 6.07) is -0.253. The van der Waals surface area contributed by atoms with E-state index in [-0.39, 0.29) is 17.9 Å². The number of nitrogens with two attached hydrogens (primary N) is 1. The van der Waals surface area contributed by atoms with Gasteiger partial charge < -0.3 is 21.7 Å². The first-order chi connectivity index (χ1) is 10.5. The average Bonchev–Trinajstić information content (AvgIpc) is 2.48. The lowest BCUT2D eigenvalue weighted by atomic mass is 10.2. The maximum absolute atomic E-state index is 11.5. The quantitative estimate of drug-likeness (QED) is 0.454. The highest BCUT2D eigenvalue weighted by molar-refractivity contribution is 5.79. The van der Waals surface area contributed by atoms with Crippen molar-refractivity contribution >= 4 is 11.8 Å². The zero-order valence-electron chi connectivity index (χ0n) is 13.7. The third kappa shape index (κ3) is 7.17. The van der Waals surface area contributed by atoms with Gasteiger partial charge in [-0.1, -0.05) is 0 Å². The predicted octanol–water partition coefficient (Wildman–Crippen LogP) is -2.60. The molecule has 0 aromatic carbocycles. The Balaban J connectivity index is 2.45. The fraction of sp³-hybridized carbons (Fsp3) is 0.857. The van der Waals surface area contributed by atoms with Gasteiger partial charge in [-0.15, -0.1) is 0 Å². The summed E-state index contributed by atoms with van der Waals surface area (Å²) in [4.78, 5) is 27.1. The molecule has 0 aromatic heterocycles. The van der Waals surface area contributed by atoms with Crippen molar-refractivity contribution in [1.29, 1.82) is 0 Å². The zero-order chi connectivity index (χ0) is 16.4. The Morgan fingerprint density at radius 3 is 2.05 bits per heavy atom. The minimum absolute atomic E-state index is 0.0357. The third-order valence-corrected chi connectivity index (χ3v) is 3.97. The summed E-state index contributed by atoms with van der Waals surface area (Å²) in [6.07, 6.45) is 0. The van der Waals surface area contributed by atoms with Gasteiger partial charge in [0, 0.05) is 59.4 Å². The maximum Gasteiger partial charge on any atom is 0.234 e. The Labute approximate surface area is 132 Å². The van der Waals surface area contributed by atoms with E-state index in [4.69, 9.17) is 5.73 Å². The fourth-order valence-corrected chi connectivity index (χ4v) is 2.40. The third-order valence-electron chi connectivity index (χ3n) is 3.97. The summed E-state index contributed by atoms with van der Waals surface area (Å²) < 4.78 is 0. The molecular weight excluding hydrogens is 284 g/mol. The summed E-state index contributed by atoms with van der Waals surface area (Å²) in [5.41, 5.74) is 5.39. The molecule has 8 nitrogen and oxygen atoms in total. The molecule has 0 aromatic rings. The van der Waals surface area contributed by atoms with Gasteiger partial charge in [0.1, 0.15) is 0 Å². The first-order valence-electron chi connectivity index (χ1n) is 7.92. The van der Waals surface area contributed by atoms with Crippen LogP contribution in [0.1, 0.15) is 6.92 Å². The van der Waals surface area contributed by atoms with Crippen LogP contribution in [0.15, 0.2) is 0 Å². The van der Waals surface area contributed by atoms with Crippen LogP contribution in [0.2, 0.25) is 0 Å². The molecule has 0 spiro atoms. The van der Waals surface area contributed by atoms with Crippen LogP contribution in [0.25, 0.3) is 0 Å². The minimum atomic E-state index is -0.288. The van der Waals surface area contributed by atoms with E-state index in [0.717, 1.165) is 52.4 Å². The van der Waals surface area contributed by atoms with E-state index in [9.17, 15) is 9.59 Å². The fourth-order valence-electron chi connectivity index (χ4n) is 2.40. The monoisotopic (exact) mass is 314 g/mol. The van der Waals surface area contributed by atoms with Gasteiger partial charge >= 0.3 is 0 Å². The highest BCUT2D eigenvalue weighted by atomic mass is 16.2. The molecule has 1 unspecified atom stereocenters. The summed E-state index contributed by atoms with van der Waals surface area (Å²) in [5, 5.41) is 9.38. The zero-order valence-corrected chi connectivity index (χ0v) is 13.7. The number of amides is 2. The van der Waals surface area contributed by atoms with Crippen molar-refractivity contribution in [3.63, 3.8) is 0 Å². The van der Waals surface area contributed by atoms with Gasteiger partial charge in [-0.3, -0.25) is 19.4 Å². The Morgan fingerprint density at radius 2 is 1.59 bits per heavy atom. The molecule has 2 amide bonds. The molecule has 22 heavy (non-hydrogen) atoms. The molecule has 128 valence electrons. The molecule has 8 heteroatoms. The molecular formula is C14H30N6O2. The van der Waals surface area contributed by atoms with Gasteiger partial charge in [0.05, 0.1) is 12.6 Å². The van der Waals surface area contributed by atoms with Crippen LogP contribution in [-0.4, -0.2) is 93.6 Å². The number of likely N-dealkylation sites (N-methyl/N-ethyl adjacent to an activating group) is 1. The van der Waals surface area contributed by atoms with Crippen molar-refractivity contribution in [2.24, 2.45) is 5.73 Å². The van der Waals surface area contributed by atoms with Gasteiger partial charge in [0.2, 0.25) is 11.8 Å². The topological polar surface area (TPSA) is 103 Å². The lowest BCUT2D eigenvalue weighted by Crippen LogP contribution is -2.50. The van der Waals surface area contributed by atoms with Crippen molar-refractivity contribution < 1.29 is 9.59 Å². The molecule has 1 saturated heterocycles. The number of hydrogen-bond acceptors (Lipinski definition) is 6. The molecule has 0 radical (unpaired) electrons. The van der Waals surface area contributed by atoms with E-state index in [1.165, 1.54) is 0 Å². The van der Waals surface area contributed by atoms with Crippen LogP contribution in [-0.2, 0) is 9.59 Å². The van der Waals surface area contributed by atoms with E-state index in [0.29, 0.717) is 6.54 Å². The van der Waals surface area contributed by atoms with Gasteiger partial charge in [0.15, 0.2) is 0 Å². The molecule has 1 aliphatic heterocycles. The van der Waals surface area contributed by atoms with Crippen LogP contribution in [0.3, 0.4) is 0 Å². The first-order valence-corrected chi connectivity index (χ1v) is 7.92. The van der Waals surface area contributed by atoms with Gasteiger partial charge in [-0.2, -0.15) is 0 Å². The molecule has 1 rings (SSSR count). The smallest absolute Gasteiger partial charge is 0.234 e. The molecule has 0 saturated carbocycles. The number of nitrogens with zero attached hydrogens (tertiary/aromatic N) is 2. The SMILES string of the molecule is CNC(=O)CN1CCNCCN(C(C)C(N)=O)CCNCC1. The normalized spacial score (nSPS) is 21.4. The Morgan fingerprint density at radius 1 is 1.09 bits per heavy atom. The molecule has 1 fully saturated rings. The van der Waals surface area contributed by atoms with Crippen LogP contribution in [0.4, 0.5) is 0 Å². The second-order valence-corrected chi connectivity index (χ2v) is 5.56. The summed E-state index contributed by atoms with van der Waals surface area (Å²) in [7, 11) is 1.66. The van der Waals surface area contributed by atoms with Gasteiger partial charge in [-0.25, -0.2) is 0 Å². The standard InChI is InChI=1S/C14H30N6O2/c1-12(14(15)22)20-9-5-17-3-7-19(11-13(21)16-2)8-4-18-6-10-20/h12,17-18H,3-11H2,1-2H3,(H2,15,22)(H,16,21). The predicted molar refractivity (Wildman–Crippen MR) is 86.5 cm³/mol. The van der Waals surface area contributed by atoms with Gasteiger partial charge in [-0.05, 0) is 6.92 Å². The maximum atomic E-state index is 11.5. The number of carbonyl (C=O) groups is 2. The Bertz CT molecular complexity index is 338. The van der Waals surface area contributed by atoms with E-state index in [1.807, 2.05) is 6.92 Å². The van der Waals surface area contributed by atoms with Gasteiger partial charge in [0.25, 0.3) is 0 Å². The number of carbonyl (C=O) groups excluding carboxylic acids is 2. The van der Waals surface area contributed by atoms with Crippen molar-refractivity contribution in [2.45, 2.75) is 13.0 Å². The van der Waals surface area contributed by atoms with E-state index in [2.05, 4.69) is 25.8 Å². The molecule has 5 N–H and O–H groups in total. The molecule has 0 aliphatic carbocycles. The van der Waals surface area contributed by atoms with Crippen LogP contribution < -0.4 is 21.7 Å². The van der Waals surface area contributed by atoms with Crippen LogP contribution in [0, 0.1) is 0 Å². The lowest BCUT2D eigenvalue weighted by molar-refractivity contribution is -0.123. The summed E-state index contributed by atoms with van der Waals surface area (Å²) in [5.74, 6) is -0.252. The number of rotatable bonds is 4. The number of hydrogen-bond donors (Lipinski definition) is 4. The number of primary amides is 1. The van der Waals surface area contributed by atoms with E-state index < -0.39 is 0 Å². The molecule has 1 aliphatic rings. The van der Waals surface area contributed by atoms with Crippen LogP contribution in [0.5, 0.6) is 0 Å². The first kappa shape index (κ1) is 18.8. The lowest BCUT2D eigenvalue weighted by Gasteiger charge is -2.29. The highest BCUT2D eigenvalue weighted by Gasteiger charge is 2.18. The van der Waals surface area contributed by atoms with Crippen LogP contribution >= 0.6 is 0 Å². The van der Waals surface area contributed by atoms with E-state index in [1.54, 1.807) is 7.05 Å². The van der Waals surface area contributed by atoms with E-state index >= 15 is 0 Å². The minimum Gasteiger partial charge on any atom is -0.368 e. The molecule has 1 heterocycles. The van der Waals surface area contributed by atoms with Crippen molar-refractivity contribution in [1.82, 2.24) is 25.8 Å². The second kappa shape index (κ2) is 10.5. The summed E-state index contributed by atoms with van der Waals surface area (Å²) in [6.45, 7) is 8.69. The molecule has 0 bridgehead atoms. The van der Waals surface area contributed by atoms with Crippen molar-refractivity contribution in [2.75, 3.05) is 66.0 Å². The Kier molecular flexibility index (Phi) is 8.98. The Hall–Kier alpha value is -1.22. The summed E-state index contributed by atoms with van der Waals surface area (Å²) >= 11 is 0.